The first-order valence-corrected chi connectivity index (χ1v) is 11.1. The molecule has 6 nitrogen and oxygen atoms in total. The van der Waals surface area contributed by atoms with Crippen molar-refractivity contribution >= 4 is 22.6 Å². The highest BCUT2D eigenvalue weighted by Crippen LogP contribution is 2.36. The molecular weight excluding hydrogens is 414 g/mol. The van der Waals surface area contributed by atoms with Gasteiger partial charge in [0.05, 0.1) is 11.3 Å². The van der Waals surface area contributed by atoms with Crippen molar-refractivity contribution in [1.82, 2.24) is 0 Å². The second-order valence-corrected chi connectivity index (χ2v) is 9.02. The van der Waals surface area contributed by atoms with Crippen LogP contribution < -0.4 is 9.04 Å². The van der Waals surface area contributed by atoms with Crippen molar-refractivity contribution in [3.8, 4) is 5.75 Å². The van der Waals surface area contributed by atoms with Crippen LogP contribution in [0.1, 0.15) is 46.7 Å². The van der Waals surface area contributed by atoms with Gasteiger partial charge in [0.25, 0.3) is 0 Å². The number of nitrogens with zero attached hydrogens (tertiary/aromatic N) is 1. The molecular formula is C24H27NO5S. The third-order valence-electron chi connectivity index (χ3n) is 4.94. The normalized spacial score (nSPS) is 12.1. The van der Waals surface area contributed by atoms with E-state index in [4.69, 9.17) is 14.3 Å². The van der Waals surface area contributed by atoms with Gasteiger partial charge in [0, 0.05) is 6.04 Å². The zero-order valence-corrected chi connectivity index (χ0v) is 19.2. The van der Waals surface area contributed by atoms with Crippen molar-refractivity contribution in [3.05, 3.63) is 76.5 Å². The van der Waals surface area contributed by atoms with E-state index in [2.05, 4.69) is 0 Å². The number of anilines is 1. The summed E-state index contributed by atoms with van der Waals surface area (Å²) in [6.45, 7) is 10.0. The molecule has 1 unspecified atom stereocenters. The van der Waals surface area contributed by atoms with E-state index in [1.807, 2.05) is 46.8 Å². The summed E-state index contributed by atoms with van der Waals surface area (Å²) >= 11 is 0. The smallest absolute Gasteiger partial charge is 0.335 e. The summed E-state index contributed by atoms with van der Waals surface area (Å²) in [7, 11) is -1.54. The van der Waals surface area contributed by atoms with Gasteiger partial charge in [0.15, 0.2) is 11.0 Å². The number of carboxylic acids is 1. The van der Waals surface area contributed by atoms with Crippen LogP contribution >= 0.6 is 0 Å². The number of rotatable bonds is 8. The Morgan fingerprint density at radius 2 is 1.71 bits per heavy atom. The van der Waals surface area contributed by atoms with E-state index in [1.165, 1.54) is 0 Å². The Kier molecular flexibility index (Phi) is 6.85. The lowest BCUT2D eigenvalue weighted by atomic mass is 10.1. The molecule has 31 heavy (non-hydrogen) atoms. The summed E-state index contributed by atoms with van der Waals surface area (Å²) in [6, 6.07) is 13.9. The van der Waals surface area contributed by atoms with Gasteiger partial charge in [-0.3, -0.25) is 4.31 Å². The highest BCUT2D eigenvalue weighted by atomic mass is 32.2. The van der Waals surface area contributed by atoms with Crippen molar-refractivity contribution in [3.63, 3.8) is 0 Å². The molecule has 1 heterocycles. The Morgan fingerprint density at radius 1 is 1.06 bits per heavy atom. The van der Waals surface area contributed by atoms with Crippen molar-refractivity contribution in [2.24, 2.45) is 0 Å². The fourth-order valence-electron chi connectivity index (χ4n) is 3.13. The minimum absolute atomic E-state index is 0.0782. The molecule has 2 aromatic carbocycles. The van der Waals surface area contributed by atoms with Crippen LogP contribution in [0.25, 0.3) is 0 Å². The van der Waals surface area contributed by atoms with Crippen molar-refractivity contribution in [1.29, 1.82) is 0 Å². The standard InChI is InChI=1S/C24H27NO5S/c1-15(2)25(31(28)23-11-6-18(5)30-23)21-12-16(3)17(4)13-22(21)29-14-19-7-9-20(10-8-19)24(26)27/h6-13,15H,14H2,1-5H3,(H,26,27). The zero-order chi connectivity index (χ0) is 22.7. The predicted octanol–water partition coefficient (Wildman–Crippen LogP) is 5.42. The van der Waals surface area contributed by atoms with Crippen LogP contribution in [0.5, 0.6) is 5.75 Å². The van der Waals surface area contributed by atoms with Crippen LogP contribution in [0, 0.1) is 20.8 Å². The average Bonchev–Trinajstić information content (AvgIpc) is 3.16. The number of hydrogen-bond donors (Lipinski definition) is 1. The summed E-state index contributed by atoms with van der Waals surface area (Å²) in [6.07, 6.45) is 0. The first kappa shape index (κ1) is 22.6. The van der Waals surface area contributed by atoms with Crippen LogP contribution in [-0.4, -0.2) is 21.3 Å². The van der Waals surface area contributed by atoms with Crippen molar-refractivity contribution in [2.75, 3.05) is 4.31 Å². The Labute approximate surface area is 185 Å². The average molecular weight is 442 g/mol. The highest BCUT2D eigenvalue weighted by Gasteiger charge is 2.25. The van der Waals surface area contributed by atoms with Gasteiger partial charge in [0.1, 0.15) is 18.1 Å². The first-order valence-electron chi connectivity index (χ1n) is 10.0. The van der Waals surface area contributed by atoms with Gasteiger partial charge in [-0.15, -0.1) is 0 Å². The zero-order valence-electron chi connectivity index (χ0n) is 18.3. The Balaban J connectivity index is 1.94. The van der Waals surface area contributed by atoms with Crippen LogP contribution in [0.3, 0.4) is 0 Å². The van der Waals surface area contributed by atoms with Crippen LogP contribution in [0.4, 0.5) is 5.69 Å². The molecule has 0 aliphatic rings. The van der Waals surface area contributed by atoms with E-state index in [1.54, 1.807) is 40.7 Å². The van der Waals surface area contributed by atoms with Gasteiger partial charge in [0.2, 0.25) is 5.09 Å². The molecule has 0 fully saturated rings. The maximum absolute atomic E-state index is 13.4. The second-order valence-electron chi connectivity index (χ2n) is 7.73. The van der Waals surface area contributed by atoms with Gasteiger partial charge < -0.3 is 14.3 Å². The van der Waals surface area contributed by atoms with Crippen molar-refractivity contribution < 1.29 is 23.3 Å². The summed E-state index contributed by atoms with van der Waals surface area (Å²) in [5, 5.41) is 9.45. The minimum atomic E-state index is -1.54. The third-order valence-corrected chi connectivity index (χ3v) is 6.48. The SMILES string of the molecule is Cc1ccc(S(=O)N(c2cc(C)c(C)cc2OCc2ccc(C(=O)O)cc2)C(C)C)o1. The molecule has 7 heteroatoms. The molecule has 0 radical (unpaired) electrons. The summed E-state index contributed by atoms with van der Waals surface area (Å²) in [5.74, 6) is 0.344. The molecule has 1 atom stereocenters. The van der Waals surface area contributed by atoms with Gasteiger partial charge in [-0.1, -0.05) is 12.1 Å². The first-order chi connectivity index (χ1) is 14.7. The van der Waals surface area contributed by atoms with Crippen molar-refractivity contribution in [2.45, 2.75) is 52.4 Å². The minimum Gasteiger partial charge on any atom is -0.487 e. The number of carboxylic acid groups (broad SMARTS) is 1. The topological polar surface area (TPSA) is 80.0 Å². The van der Waals surface area contributed by atoms with E-state index < -0.39 is 17.0 Å². The molecule has 0 bridgehead atoms. The maximum Gasteiger partial charge on any atom is 0.335 e. The molecule has 0 spiro atoms. The lowest BCUT2D eigenvalue weighted by Gasteiger charge is -2.29. The molecule has 3 rings (SSSR count). The monoisotopic (exact) mass is 441 g/mol. The van der Waals surface area contributed by atoms with Crippen LogP contribution in [0.2, 0.25) is 0 Å². The maximum atomic E-state index is 13.4. The third kappa shape index (κ3) is 5.17. The number of carbonyl (C=O) groups is 1. The molecule has 164 valence electrons. The van der Waals surface area contributed by atoms with E-state index in [-0.39, 0.29) is 18.2 Å². The molecule has 0 saturated heterocycles. The molecule has 0 amide bonds. The van der Waals surface area contributed by atoms with Gasteiger partial charge in [-0.2, -0.15) is 0 Å². The lowest BCUT2D eigenvalue weighted by molar-refractivity contribution is 0.0697. The van der Waals surface area contributed by atoms with E-state index in [0.29, 0.717) is 22.3 Å². The van der Waals surface area contributed by atoms with Gasteiger partial charge >= 0.3 is 5.97 Å². The number of aryl methyl sites for hydroxylation is 3. The summed E-state index contributed by atoms with van der Waals surface area (Å²) < 4.78 is 26.9. The number of benzene rings is 2. The molecule has 3 aromatic rings. The van der Waals surface area contributed by atoms with E-state index in [9.17, 15) is 9.00 Å². The van der Waals surface area contributed by atoms with Crippen LogP contribution in [0.15, 0.2) is 58.0 Å². The molecule has 0 aliphatic carbocycles. The molecule has 0 aliphatic heterocycles. The Morgan fingerprint density at radius 3 is 2.26 bits per heavy atom. The number of ether oxygens (including phenoxy) is 1. The Hall–Kier alpha value is -3.06. The fraction of sp³-hybridized carbons (Fsp3) is 0.292. The quantitative estimate of drug-likeness (QED) is 0.505. The largest absolute Gasteiger partial charge is 0.487 e. The number of furan rings is 1. The second kappa shape index (κ2) is 9.39. The van der Waals surface area contributed by atoms with E-state index >= 15 is 0 Å². The fourth-order valence-corrected chi connectivity index (χ4v) is 4.41. The van der Waals surface area contributed by atoms with Gasteiger partial charge in [-0.25, -0.2) is 9.00 Å². The number of hydrogen-bond acceptors (Lipinski definition) is 4. The Bertz CT molecular complexity index is 1100. The van der Waals surface area contributed by atoms with E-state index in [0.717, 1.165) is 16.7 Å². The van der Waals surface area contributed by atoms with Gasteiger partial charge in [-0.05, 0) is 87.7 Å². The van der Waals surface area contributed by atoms with Crippen LogP contribution in [-0.2, 0) is 17.6 Å². The lowest BCUT2D eigenvalue weighted by Crippen LogP contribution is -2.33. The highest BCUT2D eigenvalue weighted by molar-refractivity contribution is 7.86. The molecule has 0 saturated carbocycles. The predicted molar refractivity (Wildman–Crippen MR) is 121 cm³/mol. The summed E-state index contributed by atoms with van der Waals surface area (Å²) in [5.41, 5.74) is 3.90. The molecule has 1 aromatic heterocycles. The number of aromatic carboxylic acids is 1. The molecule has 1 N–H and O–H groups in total. The summed E-state index contributed by atoms with van der Waals surface area (Å²) in [4.78, 5) is 11.1.